The van der Waals surface area contributed by atoms with Gasteiger partial charge < -0.3 is 10.4 Å². The SMILES string of the molecule is CN(CC(=O)Nc1c(Br)cc(Br)cc1Br)C(C)(C)CO. The van der Waals surface area contributed by atoms with Crippen molar-refractivity contribution in [2.75, 3.05) is 25.5 Å². The van der Waals surface area contributed by atoms with E-state index in [9.17, 15) is 9.90 Å². The van der Waals surface area contributed by atoms with Crippen LogP contribution in [0.2, 0.25) is 0 Å². The maximum Gasteiger partial charge on any atom is 0.238 e. The summed E-state index contributed by atoms with van der Waals surface area (Å²) in [5.74, 6) is -0.141. The Kier molecular flexibility index (Phi) is 6.66. The van der Waals surface area contributed by atoms with Crippen LogP contribution >= 0.6 is 47.8 Å². The number of aliphatic hydroxyl groups excluding tert-OH is 1. The molecular formula is C13H17Br3N2O2. The molecule has 0 saturated carbocycles. The molecule has 0 atom stereocenters. The van der Waals surface area contributed by atoms with Crippen LogP contribution in [0.3, 0.4) is 0 Å². The molecule has 1 aromatic rings. The normalized spacial score (nSPS) is 11.8. The monoisotopic (exact) mass is 470 g/mol. The fourth-order valence-corrected chi connectivity index (χ4v) is 3.85. The van der Waals surface area contributed by atoms with Gasteiger partial charge in [-0.05, 0) is 64.9 Å². The molecule has 0 aromatic heterocycles. The Labute approximate surface area is 144 Å². The third-order valence-electron chi connectivity index (χ3n) is 3.07. The molecule has 7 heteroatoms. The van der Waals surface area contributed by atoms with Gasteiger partial charge in [0, 0.05) is 19.0 Å². The van der Waals surface area contributed by atoms with Gasteiger partial charge in [-0.15, -0.1) is 0 Å². The minimum absolute atomic E-state index is 0.0115. The number of aliphatic hydroxyl groups is 1. The second-order valence-corrected chi connectivity index (χ2v) is 7.74. The Morgan fingerprint density at radius 1 is 1.30 bits per heavy atom. The number of nitrogens with zero attached hydrogens (tertiary/aromatic N) is 1. The van der Waals surface area contributed by atoms with E-state index in [2.05, 4.69) is 53.1 Å². The van der Waals surface area contributed by atoms with Crippen molar-refractivity contribution in [1.82, 2.24) is 4.90 Å². The predicted molar refractivity (Wildman–Crippen MR) is 92.0 cm³/mol. The highest BCUT2D eigenvalue weighted by Crippen LogP contribution is 2.34. The summed E-state index contributed by atoms with van der Waals surface area (Å²) in [5.41, 5.74) is 0.249. The number of likely N-dealkylation sites (N-methyl/N-ethyl adjacent to an activating group) is 1. The average Bonchev–Trinajstić information content (AvgIpc) is 2.33. The van der Waals surface area contributed by atoms with E-state index < -0.39 is 5.54 Å². The summed E-state index contributed by atoms with van der Waals surface area (Å²) in [6.45, 7) is 3.95. The van der Waals surface area contributed by atoms with E-state index >= 15 is 0 Å². The molecule has 0 aliphatic rings. The lowest BCUT2D eigenvalue weighted by molar-refractivity contribution is -0.118. The van der Waals surface area contributed by atoms with Crippen molar-refractivity contribution in [3.05, 3.63) is 25.6 Å². The van der Waals surface area contributed by atoms with Gasteiger partial charge in [0.25, 0.3) is 0 Å². The topological polar surface area (TPSA) is 52.6 Å². The fraction of sp³-hybridized carbons (Fsp3) is 0.462. The highest BCUT2D eigenvalue weighted by Gasteiger charge is 2.24. The van der Waals surface area contributed by atoms with Crippen LogP contribution in [0.25, 0.3) is 0 Å². The van der Waals surface area contributed by atoms with Gasteiger partial charge in [0.05, 0.1) is 18.8 Å². The van der Waals surface area contributed by atoms with Crippen LogP contribution < -0.4 is 5.32 Å². The van der Waals surface area contributed by atoms with E-state index in [4.69, 9.17) is 0 Å². The Balaban J connectivity index is 2.78. The molecule has 112 valence electrons. The zero-order valence-electron chi connectivity index (χ0n) is 11.5. The van der Waals surface area contributed by atoms with Crippen LogP contribution in [0, 0.1) is 0 Å². The number of hydrogen-bond acceptors (Lipinski definition) is 3. The Morgan fingerprint density at radius 3 is 2.25 bits per heavy atom. The first kappa shape index (κ1) is 18.1. The average molecular weight is 473 g/mol. The summed E-state index contributed by atoms with van der Waals surface area (Å²) in [6, 6.07) is 3.73. The van der Waals surface area contributed by atoms with E-state index in [-0.39, 0.29) is 19.1 Å². The number of anilines is 1. The number of rotatable bonds is 5. The molecule has 0 fully saturated rings. The molecule has 0 aliphatic heterocycles. The molecule has 0 radical (unpaired) electrons. The molecule has 20 heavy (non-hydrogen) atoms. The van der Waals surface area contributed by atoms with Gasteiger partial charge in [0.1, 0.15) is 0 Å². The Hall–Kier alpha value is 0.0500. The molecule has 4 nitrogen and oxygen atoms in total. The fourth-order valence-electron chi connectivity index (χ4n) is 1.39. The molecule has 0 bridgehead atoms. The molecule has 1 aromatic carbocycles. The van der Waals surface area contributed by atoms with Gasteiger partial charge in [0.15, 0.2) is 0 Å². The first-order chi connectivity index (χ1) is 9.17. The third kappa shape index (κ3) is 4.80. The quantitative estimate of drug-likeness (QED) is 0.688. The third-order valence-corrected chi connectivity index (χ3v) is 4.78. The summed E-state index contributed by atoms with van der Waals surface area (Å²) < 4.78 is 2.49. The Bertz CT molecular complexity index is 483. The lowest BCUT2D eigenvalue weighted by atomic mass is 10.1. The van der Waals surface area contributed by atoms with Crippen molar-refractivity contribution in [2.45, 2.75) is 19.4 Å². The van der Waals surface area contributed by atoms with Crippen molar-refractivity contribution in [3.8, 4) is 0 Å². The molecule has 0 unspecified atom stereocenters. The number of nitrogens with one attached hydrogen (secondary N) is 1. The van der Waals surface area contributed by atoms with E-state index in [0.29, 0.717) is 5.69 Å². The summed E-state index contributed by atoms with van der Waals surface area (Å²) in [7, 11) is 1.81. The number of halogens is 3. The zero-order valence-corrected chi connectivity index (χ0v) is 16.3. The second-order valence-electron chi connectivity index (χ2n) is 5.12. The second kappa shape index (κ2) is 7.35. The molecule has 2 N–H and O–H groups in total. The molecule has 0 spiro atoms. The minimum Gasteiger partial charge on any atom is -0.394 e. The van der Waals surface area contributed by atoms with Gasteiger partial charge in [-0.2, -0.15) is 0 Å². The number of hydrogen-bond donors (Lipinski definition) is 2. The molecule has 1 rings (SSSR count). The number of carbonyl (C=O) groups excluding carboxylic acids is 1. The summed E-state index contributed by atoms with van der Waals surface area (Å²) in [5, 5.41) is 12.1. The largest absolute Gasteiger partial charge is 0.394 e. The lowest BCUT2D eigenvalue weighted by Crippen LogP contribution is -2.47. The van der Waals surface area contributed by atoms with Crippen LogP contribution in [0.4, 0.5) is 5.69 Å². The van der Waals surface area contributed by atoms with E-state index in [1.54, 1.807) is 0 Å². The summed E-state index contributed by atoms with van der Waals surface area (Å²) >= 11 is 10.2. The van der Waals surface area contributed by atoms with Gasteiger partial charge >= 0.3 is 0 Å². The molecule has 0 aliphatic carbocycles. The van der Waals surface area contributed by atoms with Crippen LogP contribution in [-0.4, -0.2) is 41.7 Å². The predicted octanol–water partition coefficient (Wildman–Crippen LogP) is 3.62. The van der Waals surface area contributed by atoms with Gasteiger partial charge in [-0.25, -0.2) is 0 Å². The van der Waals surface area contributed by atoms with Crippen molar-refractivity contribution in [2.24, 2.45) is 0 Å². The van der Waals surface area contributed by atoms with Crippen molar-refractivity contribution >= 4 is 59.4 Å². The van der Waals surface area contributed by atoms with Gasteiger partial charge in [0.2, 0.25) is 5.91 Å². The number of amides is 1. The van der Waals surface area contributed by atoms with Crippen LogP contribution in [-0.2, 0) is 4.79 Å². The van der Waals surface area contributed by atoms with Gasteiger partial charge in [-0.1, -0.05) is 15.9 Å². The standard InChI is InChI=1S/C13H17Br3N2O2/c1-13(2,7-19)18(3)6-11(20)17-12-9(15)4-8(14)5-10(12)16/h4-5,19H,6-7H2,1-3H3,(H,17,20). The highest BCUT2D eigenvalue weighted by molar-refractivity contribution is 9.11. The number of benzene rings is 1. The lowest BCUT2D eigenvalue weighted by Gasteiger charge is -2.33. The van der Waals surface area contributed by atoms with E-state index in [1.807, 2.05) is 37.9 Å². The number of carbonyl (C=O) groups is 1. The van der Waals surface area contributed by atoms with E-state index in [1.165, 1.54) is 0 Å². The van der Waals surface area contributed by atoms with E-state index in [0.717, 1.165) is 13.4 Å². The van der Waals surface area contributed by atoms with Crippen molar-refractivity contribution in [1.29, 1.82) is 0 Å². The first-order valence-electron chi connectivity index (χ1n) is 5.94. The molecule has 1 amide bonds. The maximum atomic E-state index is 12.1. The summed E-state index contributed by atoms with van der Waals surface area (Å²) in [6.07, 6.45) is 0. The van der Waals surface area contributed by atoms with Crippen LogP contribution in [0.5, 0.6) is 0 Å². The smallest absolute Gasteiger partial charge is 0.238 e. The molecular weight excluding hydrogens is 456 g/mol. The minimum atomic E-state index is -0.439. The maximum absolute atomic E-state index is 12.1. The Morgan fingerprint density at radius 2 is 1.80 bits per heavy atom. The summed E-state index contributed by atoms with van der Waals surface area (Å²) in [4.78, 5) is 13.9. The van der Waals surface area contributed by atoms with Crippen molar-refractivity contribution in [3.63, 3.8) is 0 Å². The van der Waals surface area contributed by atoms with Crippen LogP contribution in [0.1, 0.15) is 13.8 Å². The first-order valence-corrected chi connectivity index (χ1v) is 8.32. The zero-order chi connectivity index (χ0) is 15.5. The molecule has 0 saturated heterocycles. The van der Waals surface area contributed by atoms with Crippen molar-refractivity contribution < 1.29 is 9.90 Å². The van der Waals surface area contributed by atoms with Crippen LogP contribution in [0.15, 0.2) is 25.6 Å². The highest BCUT2D eigenvalue weighted by atomic mass is 79.9. The molecule has 0 heterocycles. The van der Waals surface area contributed by atoms with Gasteiger partial charge in [-0.3, -0.25) is 9.69 Å².